The number of nitrogen functional groups attached to an aromatic ring is 1. The summed E-state index contributed by atoms with van der Waals surface area (Å²) in [5.41, 5.74) is 1.70. The summed E-state index contributed by atoms with van der Waals surface area (Å²) in [6, 6.07) is 3.84. The number of hydrogen-bond donors (Lipinski definition) is 3. The average Bonchev–Trinajstić information content (AvgIpc) is 3.54. The Morgan fingerprint density at radius 3 is 2.16 bits per heavy atom. The van der Waals surface area contributed by atoms with Crippen molar-refractivity contribution in [3.8, 4) is 0 Å². The van der Waals surface area contributed by atoms with Crippen LogP contribution in [0.3, 0.4) is 0 Å². The minimum Gasteiger partial charge on any atom is -0.398 e. The Morgan fingerprint density at radius 1 is 0.940 bits per heavy atom. The minimum absolute atomic E-state index is 0.167. The molecule has 1 atom stereocenters. The quantitative estimate of drug-likeness (QED) is 0.236. The summed E-state index contributed by atoms with van der Waals surface area (Å²) in [7, 11) is 0. The third-order valence-corrected chi connectivity index (χ3v) is 10.2. The Balaban J connectivity index is 1.19. The third-order valence-electron chi connectivity index (χ3n) is 9.26. The molecule has 0 saturated carbocycles. The number of urea groups is 2. The first-order chi connectivity index (χ1) is 23.7. The first-order valence-corrected chi connectivity index (χ1v) is 16.8. The fraction of sp³-hybridized carbons (Fsp3) is 0.438. The van der Waals surface area contributed by atoms with Crippen molar-refractivity contribution in [1.82, 2.24) is 25.0 Å². The van der Waals surface area contributed by atoms with Gasteiger partial charge in [0.2, 0.25) is 5.91 Å². The van der Waals surface area contributed by atoms with Crippen molar-refractivity contribution in [2.24, 2.45) is 0 Å². The number of thiophene rings is 1. The molecule has 5 amide bonds. The second-order valence-electron chi connectivity index (χ2n) is 12.4. The number of pyridine rings is 1. The average molecular weight is 725 g/mol. The summed E-state index contributed by atoms with van der Waals surface area (Å²) in [4.78, 5) is 51.8. The summed E-state index contributed by atoms with van der Waals surface area (Å²) in [6.07, 6.45) is -6.94. The lowest BCUT2D eigenvalue weighted by atomic mass is 9.96. The number of rotatable bonds is 6. The molecular formula is C32H34F6N8O3S. The first kappa shape index (κ1) is 35.1. The summed E-state index contributed by atoms with van der Waals surface area (Å²) in [5, 5.41) is 7.36. The monoisotopic (exact) mass is 724 g/mol. The molecule has 0 spiro atoms. The van der Waals surface area contributed by atoms with Crippen molar-refractivity contribution in [1.29, 1.82) is 0 Å². The molecular weight excluding hydrogens is 690 g/mol. The minimum atomic E-state index is -5.20. The van der Waals surface area contributed by atoms with Gasteiger partial charge in [-0.1, -0.05) is 0 Å². The molecule has 3 aliphatic heterocycles. The van der Waals surface area contributed by atoms with Crippen molar-refractivity contribution < 1.29 is 40.7 Å². The highest BCUT2D eigenvalue weighted by Gasteiger charge is 2.42. The highest BCUT2D eigenvalue weighted by Crippen LogP contribution is 2.42. The molecule has 18 heteroatoms. The fourth-order valence-electron chi connectivity index (χ4n) is 6.60. The lowest BCUT2D eigenvalue weighted by molar-refractivity contribution is -0.141. The number of benzene rings is 1. The number of amides is 5. The molecule has 0 radical (unpaired) electrons. The molecule has 268 valence electrons. The van der Waals surface area contributed by atoms with Gasteiger partial charge in [0.1, 0.15) is 6.04 Å². The third kappa shape index (κ3) is 7.53. The van der Waals surface area contributed by atoms with Crippen LogP contribution in [0.5, 0.6) is 0 Å². The van der Waals surface area contributed by atoms with Crippen molar-refractivity contribution in [2.75, 3.05) is 55.2 Å². The lowest BCUT2D eigenvalue weighted by Crippen LogP contribution is -2.58. The number of nitrogens with zero attached hydrogens (tertiary/aromatic N) is 5. The molecule has 0 bridgehead atoms. The Kier molecular flexibility index (Phi) is 9.74. The number of halogens is 6. The van der Waals surface area contributed by atoms with Crippen LogP contribution >= 0.6 is 11.3 Å². The van der Waals surface area contributed by atoms with E-state index in [1.165, 1.54) is 21.1 Å². The number of anilines is 3. The molecule has 2 fully saturated rings. The number of carbonyl (C=O) groups excluding carboxylic acids is 3. The van der Waals surface area contributed by atoms with Gasteiger partial charge in [-0.2, -0.15) is 26.3 Å². The van der Waals surface area contributed by atoms with Crippen molar-refractivity contribution in [2.45, 2.75) is 50.2 Å². The van der Waals surface area contributed by atoms with E-state index in [1.807, 2.05) is 16.3 Å². The molecule has 0 unspecified atom stereocenters. The lowest BCUT2D eigenvalue weighted by Gasteiger charge is -2.40. The van der Waals surface area contributed by atoms with Crippen LogP contribution in [0.1, 0.15) is 34.4 Å². The number of fused-ring (bicyclic) bond motifs is 1. The number of piperidine rings is 1. The van der Waals surface area contributed by atoms with Crippen molar-refractivity contribution in [3.63, 3.8) is 0 Å². The van der Waals surface area contributed by atoms with Gasteiger partial charge in [-0.15, -0.1) is 11.3 Å². The van der Waals surface area contributed by atoms with Crippen LogP contribution in [-0.2, 0) is 30.1 Å². The van der Waals surface area contributed by atoms with Crippen LogP contribution in [0, 0.1) is 0 Å². The molecule has 50 heavy (non-hydrogen) atoms. The number of likely N-dealkylation sites (tertiary alicyclic amines) is 1. The number of nitrogens with two attached hydrogens (primary N) is 1. The maximum atomic E-state index is 13.9. The number of aromatic nitrogens is 1. The maximum absolute atomic E-state index is 13.9. The molecule has 1 aromatic carbocycles. The van der Waals surface area contributed by atoms with Gasteiger partial charge in [-0.05, 0) is 54.1 Å². The number of nitrogens with one attached hydrogen (secondary N) is 2. The van der Waals surface area contributed by atoms with Gasteiger partial charge >= 0.3 is 24.4 Å². The number of hydrogen-bond acceptors (Lipinski definition) is 7. The van der Waals surface area contributed by atoms with E-state index < -0.39 is 59.1 Å². The predicted octanol–water partition coefficient (Wildman–Crippen LogP) is 5.24. The van der Waals surface area contributed by atoms with Gasteiger partial charge in [0.05, 0.1) is 29.0 Å². The Labute approximate surface area is 287 Å². The fourth-order valence-corrected chi connectivity index (χ4v) is 7.43. The SMILES string of the molecule is Nc1c(C(F)(F)F)cc(C[C@@H](NC(=O)N2CCC(N3Cc4sccc4NC3=O)CC2)C(=O)N2CCN(c3ccncc3)CC2)cc1C(F)(F)F. The second-order valence-corrected chi connectivity index (χ2v) is 13.4. The van der Waals surface area contributed by atoms with Crippen LogP contribution in [0.15, 0.2) is 48.1 Å². The van der Waals surface area contributed by atoms with Crippen LogP contribution < -0.4 is 21.3 Å². The predicted molar refractivity (Wildman–Crippen MR) is 173 cm³/mol. The maximum Gasteiger partial charge on any atom is 0.418 e. The molecule has 6 rings (SSSR count). The van der Waals surface area contributed by atoms with Gasteiger partial charge in [-0.3, -0.25) is 9.78 Å². The Bertz CT molecular complexity index is 1690. The molecule has 2 saturated heterocycles. The van der Waals surface area contributed by atoms with E-state index in [-0.39, 0.29) is 38.3 Å². The van der Waals surface area contributed by atoms with E-state index >= 15 is 0 Å². The van der Waals surface area contributed by atoms with Crippen LogP contribution in [0.25, 0.3) is 0 Å². The van der Waals surface area contributed by atoms with Crippen LogP contribution in [0.2, 0.25) is 0 Å². The van der Waals surface area contributed by atoms with Gasteiger partial charge < -0.3 is 36.0 Å². The summed E-state index contributed by atoms with van der Waals surface area (Å²) < 4.78 is 82.9. The molecule has 3 aromatic rings. The standard InChI is InChI=1S/C32H34F6N8O3S/c33-31(34,35)22-15-19(16-23(27(22)39)32(36,37)38)17-25(28(47)44-12-10-43(11-13-44)20-1-6-40-7-2-20)42-29(48)45-8-3-21(4-9-45)46-18-26-24(5-14-50-26)41-30(46)49/h1-2,5-7,14-16,21,25H,3-4,8-13,17-18,39H2,(H,41,49)(H,42,48)/t25-/m1/s1. The highest BCUT2D eigenvalue weighted by atomic mass is 32.1. The van der Waals surface area contributed by atoms with Gasteiger partial charge in [-0.25, -0.2) is 9.59 Å². The van der Waals surface area contributed by atoms with Gasteiger partial charge in [0.25, 0.3) is 0 Å². The summed E-state index contributed by atoms with van der Waals surface area (Å²) in [6.45, 7) is 2.06. The summed E-state index contributed by atoms with van der Waals surface area (Å²) in [5.74, 6) is -0.640. The van der Waals surface area contributed by atoms with Crippen LogP contribution in [-0.4, -0.2) is 89.0 Å². The largest absolute Gasteiger partial charge is 0.418 e. The normalized spacial score (nSPS) is 18.1. The van der Waals surface area contributed by atoms with Crippen molar-refractivity contribution in [3.05, 3.63) is 69.7 Å². The first-order valence-electron chi connectivity index (χ1n) is 15.9. The van der Waals surface area contributed by atoms with E-state index in [2.05, 4.69) is 15.6 Å². The molecule has 3 aliphatic rings. The van der Waals surface area contributed by atoms with E-state index in [1.54, 1.807) is 29.4 Å². The van der Waals surface area contributed by atoms with E-state index in [9.17, 15) is 40.7 Å². The summed E-state index contributed by atoms with van der Waals surface area (Å²) >= 11 is 1.52. The van der Waals surface area contributed by atoms with E-state index in [4.69, 9.17) is 5.73 Å². The number of alkyl halides is 6. The highest BCUT2D eigenvalue weighted by molar-refractivity contribution is 7.10. The van der Waals surface area contributed by atoms with Crippen molar-refractivity contribution >= 4 is 46.4 Å². The zero-order chi connectivity index (χ0) is 35.8. The van der Waals surface area contributed by atoms with E-state index in [0.717, 1.165) is 16.3 Å². The topological polar surface area (TPSA) is 127 Å². The number of carbonyl (C=O) groups is 3. The molecule has 0 aliphatic carbocycles. The second kappa shape index (κ2) is 13.9. The Morgan fingerprint density at radius 2 is 1.56 bits per heavy atom. The van der Waals surface area contributed by atoms with E-state index in [0.29, 0.717) is 44.6 Å². The Hall–Kier alpha value is -4.74. The van der Waals surface area contributed by atoms with Gasteiger partial charge in [0, 0.05) is 74.7 Å². The zero-order valence-electron chi connectivity index (χ0n) is 26.6. The molecule has 4 N–H and O–H groups in total. The molecule has 11 nitrogen and oxygen atoms in total. The molecule has 5 heterocycles. The van der Waals surface area contributed by atoms with Crippen LogP contribution in [0.4, 0.5) is 53.0 Å². The number of piperazine rings is 1. The molecule has 2 aromatic heterocycles. The zero-order valence-corrected chi connectivity index (χ0v) is 27.4. The van der Waals surface area contributed by atoms with Gasteiger partial charge in [0.15, 0.2) is 0 Å². The smallest absolute Gasteiger partial charge is 0.398 e.